The van der Waals surface area contributed by atoms with Crippen LogP contribution in [0.5, 0.6) is 0 Å². The molecule has 0 radical (unpaired) electrons. The maximum absolute atomic E-state index is 12.2. The van der Waals surface area contributed by atoms with Gasteiger partial charge in [0.2, 0.25) is 0 Å². The molecule has 0 atom stereocenters. The lowest BCUT2D eigenvalue weighted by atomic mass is 10.2. The fraction of sp³-hybridized carbons (Fsp3) is 0.429. The van der Waals surface area contributed by atoms with Gasteiger partial charge in [-0.25, -0.2) is 0 Å². The van der Waals surface area contributed by atoms with Crippen molar-refractivity contribution in [1.82, 2.24) is 4.90 Å². The molecule has 110 valence electrons. The molecule has 0 saturated carbocycles. The van der Waals surface area contributed by atoms with Crippen LogP contribution in [0.2, 0.25) is 5.02 Å². The third-order valence-corrected chi connectivity index (χ3v) is 3.10. The molecule has 0 heterocycles. The minimum absolute atomic E-state index is 0.123. The lowest BCUT2D eigenvalue weighted by molar-refractivity contribution is -0.155. The van der Waals surface area contributed by atoms with Crippen LogP contribution < -0.4 is 0 Å². The van der Waals surface area contributed by atoms with E-state index in [0.717, 1.165) is 4.47 Å². The van der Waals surface area contributed by atoms with Gasteiger partial charge in [-0.05, 0) is 39.0 Å². The number of benzene rings is 1. The largest absolute Gasteiger partial charge is 0.459 e. The second-order valence-electron chi connectivity index (χ2n) is 5.37. The van der Waals surface area contributed by atoms with Crippen molar-refractivity contribution < 1.29 is 14.3 Å². The number of hydrogen-bond acceptors (Lipinski definition) is 3. The predicted octanol–water partition coefficient (Wildman–Crippen LogP) is 3.52. The summed E-state index contributed by atoms with van der Waals surface area (Å²) in [6.07, 6.45) is 0. The highest BCUT2D eigenvalue weighted by molar-refractivity contribution is 9.10. The molecule has 0 aliphatic carbocycles. The number of likely N-dealkylation sites (N-methyl/N-ethyl adjacent to an activating group) is 1. The van der Waals surface area contributed by atoms with Gasteiger partial charge >= 0.3 is 5.97 Å². The van der Waals surface area contributed by atoms with Crippen LogP contribution >= 0.6 is 27.5 Å². The molecule has 4 nitrogen and oxygen atoms in total. The van der Waals surface area contributed by atoms with Crippen LogP contribution in [0.1, 0.15) is 31.1 Å². The van der Waals surface area contributed by atoms with Crippen molar-refractivity contribution in [3.63, 3.8) is 0 Å². The van der Waals surface area contributed by atoms with E-state index in [0.29, 0.717) is 10.6 Å². The molecule has 0 spiro atoms. The number of esters is 1. The molecule has 1 aromatic carbocycles. The van der Waals surface area contributed by atoms with Gasteiger partial charge in [0.15, 0.2) is 0 Å². The predicted molar refractivity (Wildman–Crippen MR) is 82.0 cm³/mol. The summed E-state index contributed by atoms with van der Waals surface area (Å²) in [7, 11) is 1.53. The number of nitrogens with zero attached hydrogens (tertiary/aromatic N) is 1. The molecule has 0 saturated heterocycles. The quantitative estimate of drug-likeness (QED) is 0.773. The second kappa shape index (κ2) is 6.59. The van der Waals surface area contributed by atoms with Gasteiger partial charge in [-0.15, -0.1) is 0 Å². The first-order valence-corrected chi connectivity index (χ1v) is 7.19. The highest BCUT2D eigenvalue weighted by Crippen LogP contribution is 2.22. The SMILES string of the molecule is CN(CC(=O)OC(C)(C)C)C(=O)c1ccc(Br)cc1Cl. The molecule has 20 heavy (non-hydrogen) atoms. The Morgan fingerprint density at radius 3 is 2.45 bits per heavy atom. The average Bonchev–Trinajstić information content (AvgIpc) is 2.25. The fourth-order valence-corrected chi connectivity index (χ4v) is 2.26. The highest BCUT2D eigenvalue weighted by Gasteiger charge is 2.21. The fourth-order valence-electron chi connectivity index (χ4n) is 1.51. The topological polar surface area (TPSA) is 46.6 Å². The molecule has 0 unspecified atom stereocenters. The highest BCUT2D eigenvalue weighted by atomic mass is 79.9. The molecule has 0 aliphatic rings. The zero-order valence-electron chi connectivity index (χ0n) is 11.9. The van der Waals surface area contributed by atoms with Crippen molar-refractivity contribution in [1.29, 1.82) is 0 Å². The third kappa shape index (κ3) is 5.13. The van der Waals surface area contributed by atoms with Gasteiger partial charge in [0.25, 0.3) is 5.91 Å². The first-order chi connectivity index (χ1) is 9.10. The van der Waals surface area contributed by atoms with E-state index < -0.39 is 11.6 Å². The molecule has 0 aromatic heterocycles. The Morgan fingerprint density at radius 2 is 1.95 bits per heavy atom. The number of carbonyl (C=O) groups excluding carboxylic acids is 2. The van der Waals surface area contributed by atoms with Crippen molar-refractivity contribution in [3.05, 3.63) is 33.3 Å². The molecule has 0 N–H and O–H groups in total. The Kier molecular flexibility index (Phi) is 5.59. The summed E-state index contributed by atoms with van der Waals surface area (Å²) in [5.41, 5.74) is -0.225. The second-order valence-corrected chi connectivity index (χ2v) is 6.69. The standard InChI is InChI=1S/C14H17BrClNO3/c1-14(2,3)20-12(18)8-17(4)13(19)10-6-5-9(15)7-11(10)16/h5-7H,8H2,1-4H3. The Bertz CT molecular complexity index is 526. The van der Waals surface area contributed by atoms with Gasteiger partial charge in [0.1, 0.15) is 12.1 Å². The van der Waals surface area contributed by atoms with E-state index in [1.165, 1.54) is 11.9 Å². The van der Waals surface area contributed by atoms with Gasteiger partial charge in [0, 0.05) is 11.5 Å². The van der Waals surface area contributed by atoms with E-state index in [1.54, 1.807) is 39.0 Å². The van der Waals surface area contributed by atoms with Crippen LogP contribution in [0.3, 0.4) is 0 Å². The first-order valence-electron chi connectivity index (χ1n) is 6.02. The summed E-state index contributed by atoms with van der Waals surface area (Å²) in [6.45, 7) is 5.21. The van der Waals surface area contributed by atoms with Crippen LogP contribution in [0.15, 0.2) is 22.7 Å². The van der Waals surface area contributed by atoms with E-state index in [9.17, 15) is 9.59 Å². The van der Waals surface area contributed by atoms with Crippen LogP contribution in [0.25, 0.3) is 0 Å². The molecule has 1 amide bonds. The van der Waals surface area contributed by atoms with Crippen LogP contribution in [-0.4, -0.2) is 36.0 Å². The van der Waals surface area contributed by atoms with Crippen molar-refractivity contribution in [2.45, 2.75) is 26.4 Å². The molecular weight excluding hydrogens is 346 g/mol. The van der Waals surface area contributed by atoms with Crippen LogP contribution in [0, 0.1) is 0 Å². The van der Waals surface area contributed by atoms with Crippen molar-refractivity contribution >= 4 is 39.4 Å². The Balaban J connectivity index is 2.75. The van der Waals surface area contributed by atoms with E-state index in [1.807, 2.05) is 0 Å². The lowest BCUT2D eigenvalue weighted by Crippen LogP contribution is -2.36. The summed E-state index contributed by atoms with van der Waals surface area (Å²) in [4.78, 5) is 25.2. The van der Waals surface area contributed by atoms with E-state index >= 15 is 0 Å². The number of ether oxygens (including phenoxy) is 1. The number of carbonyl (C=O) groups is 2. The lowest BCUT2D eigenvalue weighted by Gasteiger charge is -2.22. The average molecular weight is 363 g/mol. The number of amides is 1. The number of rotatable bonds is 3. The zero-order chi connectivity index (χ0) is 15.5. The summed E-state index contributed by atoms with van der Waals surface area (Å²) < 4.78 is 5.96. The maximum atomic E-state index is 12.2. The normalized spacial score (nSPS) is 11.1. The van der Waals surface area contributed by atoms with Crippen molar-refractivity contribution in [2.75, 3.05) is 13.6 Å². The zero-order valence-corrected chi connectivity index (χ0v) is 14.2. The van der Waals surface area contributed by atoms with Gasteiger partial charge in [0.05, 0.1) is 10.6 Å². The Labute approximate surface area is 132 Å². The Morgan fingerprint density at radius 1 is 1.35 bits per heavy atom. The molecule has 0 bridgehead atoms. The van der Waals surface area contributed by atoms with E-state index in [2.05, 4.69) is 15.9 Å². The first kappa shape index (κ1) is 17.0. The number of hydrogen-bond donors (Lipinski definition) is 0. The van der Waals surface area contributed by atoms with Crippen LogP contribution in [-0.2, 0) is 9.53 Å². The Hall–Kier alpha value is -1.07. The van der Waals surface area contributed by atoms with Gasteiger partial charge in [-0.3, -0.25) is 9.59 Å². The molecule has 0 fully saturated rings. The van der Waals surface area contributed by atoms with E-state index in [-0.39, 0.29) is 12.5 Å². The monoisotopic (exact) mass is 361 g/mol. The summed E-state index contributed by atoms with van der Waals surface area (Å²) in [6, 6.07) is 4.97. The minimum Gasteiger partial charge on any atom is -0.459 e. The van der Waals surface area contributed by atoms with Gasteiger partial charge in [-0.1, -0.05) is 27.5 Å². The smallest absolute Gasteiger partial charge is 0.326 e. The summed E-state index contributed by atoms with van der Waals surface area (Å²) in [5.74, 6) is -0.782. The molecule has 1 aromatic rings. The maximum Gasteiger partial charge on any atom is 0.326 e. The molecule has 1 rings (SSSR count). The van der Waals surface area contributed by atoms with Gasteiger partial charge in [-0.2, -0.15) is 0 Å². The van der Waals surface area contributed by atoms with Crippen LogP contribution in [0.4, 0.5) is 0 Å². The minimum atomic E-state index is -0.573. The number of halogens is 2. The molecule has 6 heteroatoms. The van der Waals surface area contributed by atoms with Crippen molar-refractivity contribution in [2.24, 2.45) is 0 Å². The molecular formula is C14H17BrClNO3. The molecule has 0 aliphatic heterocycles. The summed E-state index contributed by atoms with van der Waals surface area (Å²) >= 11 is 9.29. The van der Waals surface area contributed by atoms with E-state index in [4.69, 9.17) is 16.3 Å². The third-order valence-electron chi connectivity index (χ3n) is 2.29. The van der Waals surface area contributed by atoms with Gasteiger partial charge < -0.3 is 9.64 Å². The summed E-state index contributed by atoms with van der Waals surface area (Å²) in [5, 5.41) is 0.334. The van der Waals surface area contributed by atoms with Crippen molar-refractivity contribution in [3.8, 4) is 0 Å².